The summed E-state index contributed by atoms with van der Waals surface area (Å²) < 4.78 is 25.8. The summed E-state index contributed by atoms with van der Waals surface area (Å²) in [6.45, 7) is 0. The molecule has 1 amide bonds. The molecule has 1 aliphatic rings. The lowest BCUT2D eigenvalue weighted by Gasteiger charge is -2.04. The fourth-order valence-electron chi connectivity index (χ4n) is 1.36. The number of hydrogen-bond acceptors (Lipinski definition) is 3. The van der Waals surface area contributed by atoms with Crippen LogP contribution in [0.15, 0.2) is 12.1 Å². The number of hydrogen-bond donors (Lipinski definition) is 1. The molecule has 5 nitrogen and oxygen atoms in total. The van der Waals surface area contributed by atoms with Gasteiger partial charge in [-0.15, -0.1) is 0 Å². The number of carbonyl (C=O) groups excluding carboxylic acids is 1. The monoisotopic (exact) mass is 242 g/mol. The number of nitro benzene ring substituents is 1. The van der Waals surface area contributed by atoms with Gasteiger partial charge in [-0.25, -0.2) is 8.78 Å². The van der Waals surface area contributed by atoms with Crippen LogP contribution in [-0.2, 0) is 0 Å². The Kier molecular flexibility index (Phi) is 2.74. The van der Waals surface area contributed by atoms with Gasteiger partial charge in [-0.3, -0.25) is 14.9 Å². The van der Waals surface area contributed by atoms with E-state index in [1.807, 2.05) is 0 Å². The number of amides is 1. The van der Waals surface area contributed by atoms with Crippen LogP contribution in [0.25, 0.3) is 0 Å². The zero-order chi connectivity index (χ0) is 12.6. The molecule has 1 fully saturated rings. The number of carbonyl (C=O) groups is 1. The molecule has 0 radical (unpaired) electrons. The van der Waals surface area contributed by atoms with Crippen molar-refractivity contribution in [2.45, 2.75) is 18.9 Å². The van der Waals surface area contributed by atoms with Gasteiger partial charge in [0.25, 0.3) is 11.6 Å². The van der Waals surface area contributed by atoms with Crippen LogP contribution in [0.4, 0.5) is 14.5 Å². The molecule has 17 heavy (non-hydrogen) atoms. The van der Waals surface area contributed by atoms with Crippen LogP contribution in [0.5, 0.6) is 0 Å². The number of nitro groups is 1. The van der Waals surface area contributed by atoms with Crippen molar-refractivity contribution in [1.82, 2.24) is 5.32 Å². The first-order valence-electron chi connectivity index (χ1n) is 4.93. The molecule has 1 aromatic rings. The lowest BCUT2D eigenvalue weighted by Crippen LogP contribution is -2.26. The van der Waals surface area contributed by atoms with E-state index in [4.69, 9.17) is 0 Å². The minimum atomic E-state index is -1.35. The molecule has 0 aromatic heterocycles. The second kappa shape index (κ2) is 4.08. The SMILES string of the molecule is O=C(NC1CC1)c1cc(F)c(F)cc1[N+](=O)[O-]. The van der Waals surface area contributed by atoms with Crippen LogP contribution in [0.1, 0.15) is 23.2 Å². The number of benzene rings is 1. The summed E-state index contributed by atoms with van der Waals surface area (Å²) in [5.74, 6) is -3.38. The minimum absolute atomic E-state index is 0.0183. The highest BCUT2D eigenvalue weighted by Gasteiger charge is 2.29. The van der Waals surface area contributed by atoms with Gasteiger partial charge >= 0.3 is 0 Å². The largest absolute Gasteiger partial charge is 0.349 e. The Hall–Kier alpha value is -2.05. The third kappa shape index (κ3) is 2.38. The van der Waals surface area contributed by atoms with Crippen LogP contribution in [0.3, 0.4) is 0 Å². The van der Waals surface area contributed by atoms with Crippen molar-refractivity contribution in [3.63, 3.8) is 0 Å². The maximum absolute atomic E-state index is 13.0. The van der Waals surface area contributed by atoms with Crippen LogP contribution in [-0.4, -0.2) is 16.9 Å². The first-order chi connectivity index (χ1) is 7.99. The van der Waals surface area contributed by atoms with E-state index < -0.39 is 33.7 Å². The number of halogens is 2. The lowest BCUT2D eigenvalue weighted by atomic mass is 10.1. The molecule has 0 unspecified atom stereocenters. The van der Waals surface area contributed by atoms with Gasteiger partial charge in [0.05, 0.1) is 11.0 Å². The van der Waals surface area contributed by atoms with E-state index in [-0.39, 0.29) is 6.04 Å². The normalized spacial score (nSPS) is 14.5. The Morgan fingerprint density at radius 3 is 2.47 bits per heavy atom. The molecule has 90 valence electrons. The second-order valence-electron chi connectivity index (χ2n) is 3.79. The van der Waals surface area contributed by atoms with Crippen molar-refractivity contribution in [3.05, 3.63) is 39.4 Å². The van der Waals surface area contributed by atoms with Gasteiger partial charge in [0.15, 0.2) is 11.6 Å². The summed E-state index contributed by atoms with van der Waals surface area (Å²) in [7, 11) is 0. The van der Waals surface area contributed by atoms with Gasteiger partial charge in [0.2, 0.25) is 0 Å². The van der Waals surface area contributed by atoms with Crippen molar-refractivity contribution in [3.8, 4) is 0 Å². The Morgan fingerprint density at radius 1 is 1.35 bits per heavy atom. The van der Waals surface area contributed by atoms with Gasteiger partial charge in [-0.1, -0.05) is 0 Å². The average Bonchev–Trinajstić information content (AvgIpc) is 3.04. The molecule has 0 bridgehead atoms. The molecule has 1 N–H and O–H groups in total. The van der Waals surface area contributed by atoms with Gasteiger partial charge < -0.3 is 5.32 Å². The van der Waals surface area contributed by atoms with E-state index in [2.05, 4.69) is 5.32 Å². The Morgan fingerprint density at radius 2 is 1.94 bits per heavy atom. The molecule has 2 rings (SSSR count). The maximum Gasteiger partial charge on any atom is 0.285 e. The van der Waals surface area contributed by atoms with E-state index in [0.717, 1.165) is 12.8 Å². The maximum atomic E-state index is 13.0. The Bertz CT molecular complexity index is 501. The first-order valence-corrected chi connectivity index (χ1v) is 4.93. The number of nitrogens with one attached hydrogen (secondary N) is 1. The lowest BCUT2D eigenvalue weighted by molar-refractivity contribution is -0.385. The molecular formula is C10H8F2N2O3. The van der Waals surface area contributed by atoms with Crippen molar-refractivity contribution >= 4 is 11.6 Å². The summed E-state index contributed by atoms with van der Waals surface area (Å²) in [5, 5.41) is 13.1. The van der Waals surface area contributed by atoms with Crippen LogP contribution >= 0.6 is 0 Å². The van der Waals surface area contributed by atoms with Crippen molar-refractivity contribution in [1.29, 1.82) is 0 Å². The zero-order valence-corrected chi connectivity index (χ0v) is 8.57. The van der Waals surface area contributed by atoms with E-state index in [0.29, 0.717) is 12.1 Å². The van der Waals surface area contributed by atoms with E-state index in [9.17, 15) is 23.7 Å². The molecule has 0 aliphatic heterocycles. The van der Waals surface area contributed by atoms with E-state index >= 15 is 0 Å². The molecule has 0 heterocycles. The van der Waals surface area contributed by atoms with Crippen molar-refractivity contribution < 1.29 is 18.5 Å². The van der Waals surface area contributed by atoms with E-state index in [1.165, 1.54) is 0 Å². The summed E-state index contributed by atoms with van der Waals surface area (Å²) in [4.78, 5) is 21.3. The second-order valence-corrected chi connectivity index (χ2v) is 3.79. The van der Waals surface area contributed by atoms with Crippen molar-refractivity contribution in [2.75, 3.05) is 0 Å². The predicted molar refractivity (Wildman–Crippen MR) is 53.5 cm³/mol. The Labute approximate surface area is 94.6 Å². The smallest absolute Gasteiger partial charge is 0.285 e. The van der Waals surface area contributed by atoms with Crippen LogP contribution < -0.4 is 5.32 Å². The first kappa shape index (κ1) is 11.4. The number of nitrogens with zero attached hydrogens (tertiary/aromatic N) is 1. The van der Waals surface area contributed by atoms with Gasteiger partial charge in [-0.2, -0.15) is 0 Å². The summed E-state index contributed by atoms with van der Waals surface area (Å²) in [6, 6.07) is 0.942. The minimum Gasteiger partial charge on any atom is -0.349 e. The standard InChI is InChI=1S/C10H8F2N2O3/c11-7-3-6(10(15)13-5-1-2-5)9(14(16)17)4-8(7)12/h3-5H,1-2H2,(H,13,15). The highest BCUT2D eigenvalue weighted by atomic mass is 19.2. The van der Waals surface area contributed by atoms with Gasteiger partial charge in [0.1, 0.15) is 5.56 Å². The fourth-order valence-corrected chi connectivity index (χ4v) is 1.36. The summed E-state index contributed by atoms with van der Waals surface area (Å²) >= 11 is 0. The third-order valence-corrected chi connectivity index (χ3v) is 2.39. The van der Waals surface area contributed by atoms with Gasteiger partial charge in [-0.05, 0) is 18.9 Å². The molecule has 0 saturated heterocycles. The van der Waals surface area contributed by atoms with Gasteiger partial charge in [0, 0.05) is 6.04 Å². The molecule has 0 atom stereocenters. The molecule has 7 heteroatoms. The summed E-state index contributed by atoms with van der Waals surface area (Å²) in [5.41, 5.74) is -1.19. The molecule has 0 spiro atoms. The Balaban J connectivity index is 2.38. The molecule has 1 aromatic carbocycles. The molecular weight excluding hydrogens is 234 g/mol. The molecule has 1 saturated carbocycles. The van der Waals surface area contributed by atoms with Crippen LogP contribution in [0.2, 0.25) is 0 Å². The fraction of sp³-hybridized carbons (Fsp3) is 0.300. The highest BCUT2D eigenvalue weighted by molar-refractivity contribution is 5.98. The zero-order valence-electron chi connectivity index (χ0n) is 8.57. The quantitative estimate of drug-likeness (QED) is 0.648. The average molecular weight is 242 g/mol. The highest BCUT2D eigenvalue weighted by Crippen LogP contribution is 2.24. The predicted octanol–water partition coefficient (Wildman–Crippen LogP) is 1.77. The van der Waals surface area contributed by atoms with E-state index in [1.54, 1.807) is 0 Å². The van der Waals surface area contributed by atoms with Crippen LogP contribution in [0, 0.1) is 21.7 Å². The molecule has 1 aliphatic carbocycles. The summed E-state index contributed by atoms with van der Waals surface area (Å²) in [6.07, 6.45) is 1.59. The third-order valence-electron chi connectivity index (χ3n) is 2.39. The van der Waals surface area contributed by atoms with Crippen molar-refractivity contribution in [2.24, 2.45) is 0 Å². The number of rotatable bonds is 3. The topological polar surface area (TPSA) is 72.2 Å².